The molecule has 1 unspecified atom stereocenters. The largest absolute Gasteiger partial charge is 0.493 e. The third kappa shape index (κ3) is 3.53. The van der Waals surface area contributed by atoms with Crippen LogP contribution in [0.15, 0.2) is 18.2 Å². The molecular weight excluding hydrogens is 198 g/mol. The standard InChI is InChI=1S/C14H23NO/c1-5-6-9-16-14-8-7-11(2)10-13(14)12(3)15-4/h7-8,10,12,15H,5-6,9H2,1-4H3. The SMILES string of the molecule is CCCCOc1ccc(C)cc1C(C)NC. The number of nitrogens with one attached hydrogen (secondary N) is 1. The fourth-order valence-electron chi connectivity index (χ4n) is 1.62. The van der Waals surface area contributed by atoms with Crippen molar-refractivity contribution in [2.24, 2.45) is 0 Å². The van der Waals surface area contributed by atoms with Crippen molar-refractivity contribution in [2.75, 3.05) is 13.7 Å². The molecule has 90 valence electrons. The molecular formula is C14H23NO. The third-order valence-electron chi connectivity index (χ3n) is 2.82. The first kappa shape index (κ1) is 13.0. The summed E-state index contributed by atoms with van der Waals surface area (Å²) in [7, 11) is 1.98. The van der Waals surface area contributed by atoms with Gasteiger partial charge in [-0.3, -0.25) is 0 Å². The molecule has 1 aromatic rings. The molecule has 1 aromatic carbocycles. The Morgan fingerprint density at radius 1 is 1.38 bits per heavy atom. The van der Waals surface area contributed by atoms with E-state index in [-0.39, 0.29) is 0 Å². The van der Waals surface area contributed by atoms with Gasteiger partial charge in [-0.25, -0.2) is 0 Å². The van der Waals surface area contributed by atoms with Crippen LogP contribution < -0.4 is 10.1 Å². The van der Waals surface area contributed by atoms with Crippen LogP contribution in [0.4, 0.5) is 0 Å². The van der Waals surface area contributed by atoms with Crippen molar-refractivity contribution in [1.29, 1.82) is 0 Å². The van der Waals surface area contributed by atoms with Gasteiger partial charge in [0, 0.05) is 11.6 Å². The molecule has 16 heavy (non-hydrogen) atoms. The average Bonchev–Trinajstić information content (AvgIpc) is 2.30. The normalized spacial score (nSPS) is 12.5. The molecule has 0 saturated carbocycles. The minimum Gasteiger partial charge on any atom is -0.493 e. The molecule has 1 atom stereocenters. The second kappa shape index (κ2) is 6.54. The van der Waals surface area contributed by atoms with Gasteiger partial charge in [-0.05, 0) is 33.4 Å². The molecule has 0 spiro atoms. The molecule has 2 heteroatoms. The van der Waals surface area contributed by atoms with Crippen molar-refractivity contribution in [3.05, 3.63) is 29.3 Å². The zero-order valence-corrected chi connectivity index (χ0v) is 10.8. The van der Waals surface area contributed by atoms with E-state index in [1.165, 1.54) is 17.5 Å². The van der Waals surface area contributed by atoms with Gasteiger partial charge in [0.25, 0.3) is 0 Å². The van der Waals surface area contributed by atoms with Crippen molar-refractivity contribution >= 4 is 0 Å². The Bertz CT molecular complexity index is 323. The second-order valence-corrected chi connectivity index (χ2v) is 4.25. The maximum atomic E-state index is 5.82. The molecule has 1 N–H and O–H groups in total. The number of benzene rings is 1. The topological polar surface area (TPSA) is 21.3 Å². The van der Waals surface area contributed by atoms with Crippen LogP contribution in [0.1, 0.15) is 43.9 Å². The van der Waals surface area contributed by atoms with E-state index in [9.17, 15) is 0 Å². The van der Waals surface area contributed by atoms with Gasteiger partial charge in [0.15, 0.2) is 0 Å². The summed E-state index contributed by atoms with van der Waals surface area (Å²) in [6.07, 6.45) is 2.28. The van der Waals surface area contributed by atoms with Crippen molar-refractivity contribution in [3.8, 4) is 5.75 Å². The van der Waals surface area contributed by atoms with Gasteiger partial charge in [0.2, 0.25) is 0 Å². The average molecular weight is 221 g/mol. The molecule has 0 aromatic heterocycles. The Labute approximate surface area is 99.0 Å². The predicted octanol–water partition coefficient (Wildman–Crippen LogP) is 3.45. The first-order valence-electron chi connectivity index (χ1n) is 6.09. The highest BCUT2D eigenvalue weighted by molar-refractivity contribution is 5.38. The lowest BCUT2D eigenvalue weighted by molar-refractivity contribution is 0.303. The summed E-state index contributed by atoms with van der Waals surface area (Å²) >= 11 is 0. The van der Waals surface area contributed by atoms with Gasteiger partial charge < -0.3 is 10.1 Å². The fraction of sp³-hybridized carbons (Fsp3) is 0.571. The van der Waals surface area contributed by atoms with E-state index in [4.69, 9.17) is 4.74 Å². The highest BCUT2D eigenvalue weighted by atomic mass is 16.5. The lowest BCUT2D eigenvalue weighted by atomic mass is 10.0. The summed E-state index contributed by atoms with van der Waals surface area (Å²) in [5.41, 5.74) is 2.53. The van der Waals surface area contributed by atoms with Gasteiger partial charge in [-0.1, -0.05) is 31.0 Å². The second-order valence-electron chi connectivity index (χ2n) is 4.25. The van der Waals surface area contributed by atoms with Gasteiger partial charge in [-0.2, -0.15) is 0 Å². The van der Waals surface area contributed by atoms with Crippen LogP contribution in [0.2, 0.25) is 0 Å². The Morgan fingerprint density at radius 3 is 2.75 bits per heavy atom. The molecule has 0 amide bonds. The highest BCUT2D eigenvalue weighted by Crippen LogP contribution is 2.26. The maximum absolute atomic E-state index is 5.82. The number of hydrogen-bond donors (Lipinski definition) is 1. The van der Waals surface area contributed by atoms with Gasteiger partial charge >= 0.3 is 0 Å². The van der Waals surface area contributed by atoms with Gasteiger partial charge in [-0.15, -0.1) is 0 Å². The fourth-order valence-corrected chi connectivity index (χ4v) is 1.62. The van der Waals surface area contributed by atoms with Crippen LogP contribution in [0, 0.1) is 6.92 Å². The molecule has 0 saturated heterocycles. The van der Waals surface area contributed by atoms with Crippen LogP contribution in [-0.2, 0) is 0 Å². The van der Waals surface area contributed by atoms with Crippen LogP contribution >= 0.6 is 0 Å². The predicted molar refractivity (Wildman–Crippen MR) is 69.1 cm³/mol. The number of rotatable bonds is 6. The summed E-state index contributed by atoms with van der Waals surface area (Å²) in [5.74, 6) is 1.01. The molecule has 0 heterocycles. The van der Waals surface area contributed by atoms with Crippen molar-refractivity contribution < 1.29 is 4.74 Å². The Morgan fingerprint density at radius 2 is 2.12 bits per heavy atom. The van der Waals surface area contributed by atoms with Gasteiger partial charge in [0.05, 0.1) is 6.61 Å². The van der Waals surface area contributed by atoms with Crippen molar-refractivity contribution in [3.63, 3.8) is 0 Å². The number of hydrogen-bond acceptors (Lipinski definition) is 2. The number of ether oxygens (including phenoxy) is 1. The van der Waals surface area contributed by atoms with E-state index >= 15 is 0 Å². The quantitative estimate of drug-likeness (QED) is 0.743. The van der Waals surface area contributed by atoms with E-state index in [0.29, 0.717) is 6.04 Å². The van der Waals surface area contributed by atoms with E-state index in [0.717, 1.165) is 18.8 Å². The van der Waals surface area contributed by atoms with E-state index < -0.39 is 0 Å². The summed E-state index contributed by atoms with van der Waals surface area (Å²) in [6, 6.07) is 6.71. The molecule has 1 rings (SSSR count). The molecule has 0 aliphatic rings. The molecule has 2 nitrogen and oxygen atoms in total. The zero-order valence-electron chi connectivity index (χ0n) is 10.8. The monoisotopic (exact) mass is 221 g/mol. The third-order valence-corrected chi connectivity index (χ3v) is 2.82. The minimum absolute atomic E-state index is 0.330. The molecule has 0 radical (unpaired) electrons. The smallest absolute Gasteiger partial charge is 0.124 e. The molecule has 0 aliphatic carbocycles. The number of aryl methyl sites for hydroxylation is 1. The Hall–Kier alpha value is -1.02. The first-order chi connectivity index (χ1) is 7.69. The van der Waals surface area contributed by atoms with E-state index in [2.05, 4.69) is 44.3 Å². The van der Waals surface area contributed by atoms with Crippen LogP contribution in [0.25, 0.3) is 0 Å². The van der Waals surface area contributed by atoms with Crippen LogP contribution in [0.3, 0.4) is 0 Å². The first-order valence-corrected chi connectivity index (χ1v) is 6.09. The van der Waals surface area contributed by atoms with Crippen molar-refractivity contribution in [2.45, 2.75) is 39.7 Å². The summed E-state index contributed by atoms with van der Waals surface area (Å²) < 4.78 is 5.82. The Balaban J connectivity index is 2.80. The van der Waals surface area contributed by atoms with E-state index in [1.807, 2.05) is 7.05 Å². The highest BCUT2D eigenvalue weighted by Gasteiger charge is 2.09. The summed E-state index contributed by atoms with van der Waals surface area (Å²) in [6.45, 7) is 7.25. The maximum Gasteiger partial charge on any atom is 0.124 e. The van der Waals surface area contributed by atoms with Crippen LogP contribution in [-0.4, -0.2) is 13.7 Å². The lowest BCUT2D eigenvalue weighted by Crippen LogP contribution is -2.14. The molecule has 0 aliphatic heterocycles. The van der Waals surface area contributed by atoms with Gasteiger partial charge in [0.1, 0.15) is 5.75 Å². The Kier molecular flexibility index (Phi) is 5.33. The zero-order chi connectivity index (χ0) is 12.0. The molecule has 0 bridgehead atoms. The molecule has 0 fully saturated rings. The summed E-state index contributed by atoms with van der Waals surface area (Å²) in [5, 5.41) is 3.26. The number of unbranched alkanes of at least 4 members (excludes halogenated alkanes) is 1. The lowest BCUT2D eigenvalue weighted by Gasteiger charge is -2.17. The van der Waals surface area contributed by atoms with E-state index in [1.54, 1.807) is 0 Å². The summed E-state index contributed by atoms with van der Waals surface area (Å²) in [4.78, 5) is 0. The van der Waals surface area contributed by atoms with Crippen molar-refractivity contribution in [1.82, 2.24) is 5.32 Å². The minimum atomic E-state index is 0.330. The van der Waals surface area contributed by atoms with Crippen LogP contribution in [0.5, 0.6) is 5.75 Å².